The predicted octanol–water partition coefficient (Wildman–Crippen LogP) is 3.40. The summed E-state index contributed by atoms with van der Waals surface area (Å²) in [6.07, 6.45) is 0. The minimum Gasteiger partial charge on any atom is -0.483 e. The van der Waals surface area contributed by atoms with Crippen LogP contribution in [0, 0.1) is 0 Å². The summed E-state index contributed by atoms with van der Waals surface area (Å²) in [5, 5.41) is 0.273. The van der Waals surface area contributed by atoms with E-state index >= 15 is 0 Å². The van der Waals surface area contributed by atoms with Gasteiger partial charge >= 0.3 is 0 Å². The summed E-state index contributed by atoms with van der Waals surface area (Å²) in [5.74, 6) is -0.130. The summed E-state index contributed by atoms with van der Waals surface area (Å²) in [5.41, 5.74) is 3.90. The van der Waals surface area contributed by atoms with E-state index in [2.05, 4.69) is 5.43 Å². The molecule has 1 amide bonds. The molecule has 3 aromatic rings. The monoisotopic (exact) mass is 416 g/mol. The third kappa shape index (κ3) is 5.10. The zero-order chi connectivity index (χ0) is 20.0. The van der Waals surface area contributed by atoms with Gasteiger partial charge in [0.1, 0.15) is 5.75 Å². The number of carbonyl (C=O) groups is 1. The van der Waals surface area contributed by atoms with Crippen molar-refractivity contribution >= 4 is 27.5 Å². The molecule has 6 nitrogen and oxygen atoms in total. The van der Waals surface area contributed by atoms with Crippen LogP contribution in [-0.2, 0) is 14.8 Å². The molecule has 0 aliphatic carbocycles. The van der Waals surface area contributed by atoms with Gasteiger partial charge in [-0.25, -0.2) is 8.42 Å². The topological polar surface area (TPSA) is 84.5 Å². The first kappa shape index (κ1) is 19.9. The van der Waals surface area contributed by atoms with E-state index in [4.69, 9.17) is 16.3 Å². The number of rotatable bonds is 7. The third-order valence-electron chi connectivity index (χ3n) is 3.76. The highest BCUT2D eigenvalue weighted by molar-refractivity contribution is 7.89. The molecule has 3 rings (SSSR count). The van der Waals surface area contributed by atoms with Crippen molar-refractivity contribution in [3.8, 4) is 16.9 Å². The smallest absolute Gasteiger partial charge is 0.272 e. The fourth-order valence-electron chi connectivity index (χ4n) is 2.45. The molecule has 144 valence electrons. The number of amides is 1. The maximum atomic E-state index is 12.2. The van der Waals surface area contributed by atoms with E-state index in [-0.39, 0.29) is 16.5 Å². The Labute approximate surface area is 168 Å². The van der Waals surface area contributed by atoms with Gasteiger partial charge in [-0.2, -0.15) is 0 Å². The predicted molar refractivity (Wildman–Crippen MR) is 107 cm³/mol. The van der Waals surface area contributed by atoms with Crippen LogP contribution in [0.2, 0.25) is 5.02 Å². The van der Waals surface area contributed by atoms with E-state index in [9.17, 15) is 13.2 Å². The molecule has 0 saturated carbocycles. The summed E-state index contributed by atoms with van der Waals surface area (Å²) in [7, 11) is -3.93. The molecule has 0 unspecified atom stereocenters. The highest BCUT2D eigenvalue weighted by Crippen LogP contribution is 2.29. The van der Waals surface area contributed by atoms with Crippen molar-refractivity contribution in [2.75, 3.05) is 6.61 Å². The summed E-state index contributed by atoms with van der Waals surface area (Å²) in [6, 6.07) is 22.6. The summed E-state index contributed by atoms with van der Waals surface area (Å²) >= 11 is 5.80. The number of benzene rings is 3. The van der Waals surface area contributed by atoms with Gasteiger partial charge in [0.15, 0.2) is 6.61 Å². The van der Waals surface area contributed by atoms with Crippen LogP contribution in [0.15, 0.2) is 83.8 Å². The van der Waals surface area contributed by atoms with E-state index in [1.807, 2.05) is 47.3 Å². The number of nitrogens with one attached hydrogen (secondary N) is 2. The number of hydrogen-bond donors (Lipinski definition) is 2. The molecule has 0 saturated heterocycles. The normalized spacial score (nSPS) is 11.0. The SMILES string of the molecule is O=C(COc1ccccc1-c1ccccc1)NNS(=O)(=O)c1cccc(Cl)c1. The van der Waals surface area contributed by atoms with Crippen molar-refractivity contribution in [3.05, 3.63) is 83.9 Å². The van der Waals surface area contributed by atoms with E-state index in [1.165, 1.54) is 18.2 Å². The minimum absolute atomic E-state index is 0.0596. The van der Waals surface area contributed by atoms with Gasteiger partial charge in [-0.3, -0.25) is 10.2 Å². The molecule has 0 aromatic heterocycles. The Bertz CT molecular complexity index is 1070. The fourth-order valence-corrected chi connectivity index (χ4v) is 3.61. The van der Waals surface area contributed by atoms with Crippen molar-refractivity contribution in [1.29, 1.82) is 0 Å². The van der Waals surface area contributed by atoms with Crippen LogP contribution in [0.3, 0.4) is 0 Å². The zero-order valence-corrected chi connectivity index (χ0v) is 16.2. The summed E-state index contributed by atoms with van der Waals surface area (Å²) in [4.78, 5) is 14.0. The second-order valence-electron chi connectivity index (χ2n) is 5.76. The number of halogens is 1. The van der Waals surface area contributed by atoms with Gasteiger partial charge in [0, 0.05) is 10.6 Å². The molecule has 0 radical (unpaired) electrons. The highest BCUT2D eigenvalue weighted by Gasteiger charge is 2.16. The zero-order valence-electron chi connectivity index (χ0n) is 14.6. The quantitative estimate of drug-likeness (QED) is 0.578. The van der Waals surface area contributed by atoms with Crippen LogP contribution in [0.5, 0.6) is 5.75 Å². The van der Waals surface area contributed by atoms with Crippen molar-refractivity contribution in [2.45, 2.75) is 4.90 Å². The molecule has 0 bridgehead atoms. The first-order valence-electron chi connectivity index (χ1n) is 8.29. The Morgan fingerprint density at radius 2 is 1.64 bits per heavy atom. The average Bonchev–Trinajstić information content (AvgIpc) is 2.72. The van der Waals surface area contributed by atoms with E-state index in [0.717, 1.165) is 11.1 Å². The lowest BCUT2D eigenvalue weighted by Crippen LogP contribution is -2.43. The van der Waals surface area contributed by atoms with E-state index < -0.39 is 15.9 Å². The second-order valence-corrected chi connectivity index (χ2v) is 7.88. The van der Waals surface area contributed by atoms with Crippen LogP contribution < -0.4 is 15.0 Å². The van der Waals surface area contributed by atoms with E-state index in [0.29, 0.717) is 5.75 Å². The molecular weight excluding hydrogens is 400 g/mol. The molecule has 2 N–H and O–H groups in total. The Morgan fingerprint density at radius 3 is 2.39 bits per heavy atom. The Morgan fingerprint density at radius 1 is 0.929 bits per heavy atom. The van der Waals surface area contributed by atoms with Gasteiger partial charge in [0.25, 0.3) is 15.9 Å². The third-order valence-corrected chi connectivity index (χ3v) is 5.24. The number of hydrazine groups is 1. The Hall–Kier alpha value is -2.87. The molecule has 0 spiro atoms. The number of hydrogen-bond acceptors (Lipinski definition) is 4. The molecule has 8 heteroatoms. The molecular formula is C20H17ClN2O4S. The van der Waals surface area contributed by atoms with Crippen LogP contribution in [0.1, 0.15) is 0 Å². The average molecular weight is 417 g/mol. The van der Waals surface area contributed by atoms with Gasteiger partial charge in [-0.05, 0) is 29.8 Å². The van der Waals surface area contributed by atoms with E-state index in [1.54, 1.807) is 18.2 Å². The van der Waals surface area contributed by atoms with Crippen molar-refractivity contribution < 1.29 is 17.9 Å². The molecule has 0 aliphatic heterocycles. The maximum Gasteiger partial charge on any atom is 0.272 e. The Kier molecular flexibility index (Phi) is 6.30. The number of para-hydroxylation sites is 1. The highest BCUT2D eigenvalue weighted by atomic mass is 35.5. The standard InChI is InChI=1S/C20H17ClN2O4S/c21-16-9-6-10-17(13-16)28(25,26)23-22-20(24)14-27-19-12-5-4-11-18(19)15-7-2-1-3-8-15/h1-13,23H,14H2,(H,22,24). The minimum atomic E-state index is -3.93. The largest absolute Gasteiger partial charge is 0.483 e. The first-order valence-corrected chi connectivity index (χ1v) is 10.2. The molecule has 0 atom stereocenters. The Balaban J connectivity index is 1.61. The van der Waals surface area contributed by atoms with Gasteiger partial charge in [-0.1, -0.05) is 66.2 Å². The van der Waals surface area contributed by atoms with Gasteiger partial charge in [-0.15, -0.1) is 4.83 Å². The lowest BCUT2D eigenvalue weighted by Gasteiger charge is -2.12. The molecule has 0 heterocycles. The van der Waals surface area contributed by atoms with Crippen LogP contribution in [-0.4, -0.2) is 20.9 Å². The van der Waals surface area contributed by atoms with Crippen molar-refractivity contribution in [3.63, 3.8) is 0 Å². The maximum absolute atomic E-state index is 12.2. The molecule has 28 heavy (non-hydrogen) atoms. The first-order chi connectivity index (χ1) is 13.5. The van der Waals surface area contributed by atoms with Gasteiger partial charge < -0.3 is 4.74 Å². The second kappa shape index (κ2) is 8.88. The number of ether oxygens (including phenoxy) is 1. The lowest BCUT2D eigenvalue weighted by atomic mass is 10.1. The molecule has 0 fully saturated rings. The molecule has 3 aromatic carbocycles. The van der Waals surface area contributed by atoms with Crippen molar-refractivity contribution in [2.24, 2.45) is 0 Å². The van der Waals surface area contributed by atoms with Crippen LogP contribution >= 0.6 is 11.6 Å². The van der Waals surface area contributed by atoms with Crippen LogP contribution in [0.25, 0.3) is 11.1 Å². The fraction of sp³-hybridized carbons (Fsp3) is 0.0500. The van der Waals surface area contributed by atoms with Crippen molar-refractivity contribution in [1.82, 2.24) is 10.3 Å². The number of sulfonamides is 1. The lowest BCUT2D eigenvalue weighted by molar-refractivity contribution is -0.123. The summed E-state index contributed by atoms with van der Waals surface area (Å²) < 4.78 is 29.9. The number of carbonyl (C=O) groups excluding carboxylic acids is 1. The van der Waals surface area contributed by atoms with Gasteiger partial charge in [0.2, 0.25) is 0 Å². The van der Waals surface area contributed by atoms with Crippen LogP contribution in [0.4, 0.5) is 0 Å². The van der Waals surface area contributed by atoms with Gasteiger partial charge in [0.05, 0.1) is 4.90 Å². The molecule has 0 aliphatic rings. The summed E-state index contributed by atoms with van der Waals surface area (Å²) in [6.45, 7) is -0.359.